The Labute approximate surface area is 108 Å². The summed E-state index contributed by atoms with van der Waals surface area (Å²) in [6.45, 7) is 5.49. The first-order valence-corrected chi connectivity index (χ1v) is 7.08. The first kappa shape index (κ1) is 14.6. The Morgan fingerprint density at radius 1 is 1.47 bits per heavy atom. The van der Waals surface area contributed by atoms with E-state index in [2.05, 4.69) is 29.8 Å². The maximum absolute atomic E-state index is 5.82. The molecule has 0 aliphatic heterocycles. The summed E-state index contributed by atoms with van der Waals surface area (Å²) in [6.07, 6.45) is 2.30. The molecule has 1 N–H and O–H groups in total. The van der Waals surface area contributed by atoms with Gasteiger partial charge in [-0.2, -0.15) is 0 Å². The van der Waals surface area contributed by atoms with Gasteiger partial charge in [-0.1, -0.05) is 13.0 Å². The molecule has 1 atom stereocenters. The first-order chi connectivity index (χ1) is 8.36. The zero-order valence-corrected chi connectivity index (χ0v) is 11.6. The zero-order valence-electron chi connectivity index (χ0n) is 10.8. The summed E-state index contributed by atoms with van der Waals surface area (Å²) in [5.74, 6) is 0. The molecule has 4 heteroatoms. The van der Waals surface area contributed by atoms with Crippen molar-refractivity contribution in [2.75, 3.05) is 33.4 Å². The van der Waals surface area contributed by atoms with E-state index in [1.54, 1.807) is 18.4 Å². The van der Waals surface area contributed by atoms with Crippen molar-refractivity contribution in [1.29, 1.82) is 0 Å². The molecule has 0 aliphatic carbocycles. The van der Waals surface area contributed by atoms with E-state index in [4.69, 9.17) is 9.47 Å². The lowest BCUT2D eigenvalue weighted by atomic mass is 10.3. The van der Waals surface area contributed by atoms with E-state index < -0.39 is 0 Å². The topological polar surface area (TPSA) is 30.5 Å². The molecule has 3 nitrogen and oxygen atoms in total. The second kappa shape index (κ2) is 9.59. The minimum Gasteiger partial charge on any atom is -0.382 e. The average molecular weight is 257 g/mol. The second-order valence-electron chi connectivity index (χ2n) is 3.98. The number of rotatable bonds is 10. The van der Waals surface area contributed by atoms with Gasteiger partial charge < -0.3 is 14.8 Å². The van der Waals surface area contributed by atoms with Crippen molar-refractivity contribution < 1.29 is 9.47 Å². The summed E-state index contributed by atoms with van der Waals surface area (Å²) in [5.41, 5.74) is 0. The molecule has 1 heterocycles. The van der Waals surface area contributed by atoms with Gasteiger partial charge >= 0.3 is 0 Å². The molecular formula is C13H23NO2S. The Morgan fingerprint density at radius 3 is 3.00 bits per heavy atom. The van der Waals surface area contributed by atoms with Gasteiger partial charge in [-0.3, -0.25) is 0 Å². The molecule has 98 valence electrons. The Balaban J connectivity index is 2.14. The molecule has 0 spiro atoms. The molecule has 0 saturated carbocycles. The van der Waals surface area contributed by atoms with Gasteiger partial charge in [0.1, 0.15) is 0 Å². The van der Waals surface area contributed by atoms with Crippen LogP contribution in [0.3, 0.4) is 0 Å². The van der Waals surface area contributed by atoms with Crippen molar-refractivity contribution in [3.8, 4) is 0 Å². The third-order valence-electron chi connectivity index (χ3n) is 2.43. The summed E-state index contributed by atoms with van der Waals surface area (Å²) in [5, 5.41) is 5.46. The quantitative estimate of drug-likeness (QED) is 0.653. The lowest BCUT2D eigenvalue weighted by Crippen LogP contribution is -2.33. The maximum atomic E-state index is 5.82. The maximum Gasteiger partial charge on any atom is 0.0932 e. The first-order valence-electron chi connectivity index (χ1n) is 6.20. The highest BCUT2D eigenvalue weighted by Crippen LogP contribution is 2.09. The largest absolute Gasteiger partial charge is 0.382 e. The molecular weight excluding hydrogens is 234 g/mol. The molecule has 0 aliphatic rings. The fourth-order valence-corrected chi connectivity index (χ4v) is 2.26. The molecule has 1 aromatic rings. The zero-order chi connectivity index (χ0) is 12.3. The molecule has 1 rings (SSSR count). The van der Waals surface area contributed by atoms with E-state index in [1.807, 2.05) is 0 Å². The fourth-order valence-electron chi connectivity index (χ4n) is 1.57. The van der Waals surface area contributed by atoms with Crippen molar-refractivity contribution >= 4 is 11.3 Å². The van der Waals surface area contributed by atoms with Crippen LogP contribution in [0.15, 0.2) is 17.5 Å². The van der Waals surface area contributed by atoms with Crippen LogP contribution in [-0.2, 0) is 15.9 Å². The Bertz CT molecular complexity index is 264. The predicted octanol–water partition coefficient (Wildman–Crippen LogP) is 2.32. The minimum absolute atomic E-state index is 0.159. The van der Waals surface area contributed by atoms with Gasteiger partial charge in [0.15, 0.2) is 0 Å². The average Bonchev–Trinajstić information content (AvgIpc) is 2.82. The van der Waals surface area contributed by atoms with Crippen molar-refractivity contribution in [3.63, 3.8) is 0 Å². The Hall–Kier alpha value is -0.420. The highest BCUT2D eigenvalue weighted by molar-refractivity contribution is 7.09. The molecule has 0 fully saturated rings. The number of hydrogen-bond donors (Lipinski definition) is 1. The van der Waals surface area contributed by atoms with E-state index in [-0.39, 0.29) is 6.10 Å². The normalized spacial score (nSPS) is 12.8. The Morgan fingerprint density at radius 2 is 2.35 bits per heavy atom. The van der Waals surface area contributed by atoms with Gasteiger partial charge in [-0.15, -0.1) is 11.3 Å². The van der Waals surface area contributed by atoms with Crippen LogP contribution in [0.4, 0.5) is 0 Å². The summed E-state index contributed by atoms with van der Waals surface area (Å²) in [6, 6.07) is 4.23. The van der Waals surface area contributed by atoms with Crippen molar-refractivity contribution in [2.45, 2.75) is 25.9 Å². The smallest absolute Gasteiger partial charge is 0.0932 e. The van der Waals surface area contributed by atoms with E-state index in [0.717, 1.165) is 32.5 Å². The lowest BCUT2D eigenvalue weighted by molar-refractivity contribution is 0.000697. The van der Waals surface area contributed by atoms with E-state index in [1.165, 1.54) is 4.88 Å². The van der Waals surface area contributed by atoms with Crippen LogP contribution in [0.25, 0.3) is 0 Å². The van der Waals surface area contributed by atoms with Gasteiger partial charge in [-0.05, 0) is 24.4 Å². The SMILES string of the molecule is CCCNCC(COC)OCCc1cccs1. The van der Waals surface area contributed by atoms with Crippen molar-refractivity contribution in [2.24, 2.45) is 0 Å². The van der Waals surface area contributed by atoms with Crippen molar-refractivity contribution in [1.82, 2.24) is 5.32 Å². The summed E-state index contributed by atoms with van der Waals surface area (Å²) < 4.78 is 11.0. The van der Waals surface area contributed by atoms with Gasteiger partial charge in [0.25, 0.3) is 0 Å². The molecule has 0 aromatic carbocycles. The molecule has 0 saturated heterocycles. The molecule has 1 unspecified atom stereocenters. The molecule has 0 amide bonds. The summed E-state index contributed by atoms with van der Waals surface area (Å²) in [4.78, 5) is 1.38. The predicted molar refractivity (Wildman–Crippen MR) is 72.8 cm³/mol. The van der Waals surface area contributed by atoms with Crippen LogP contribution < -0.4 is 5.32 Å². The monoisotopic (exact) mass is 257 g/mol. The van der Waals surface area contributed by atoms with Gasteiger partial charge in [0, 0.05) is 25.0 Å². The Kier molecular flexibility index (Phi) is 8.26. The standard InChI is InChI=1S/C13H23NO2S/c1-3-7-14-10-12(11-15-2)16-8-6-13-5-4-9-17-13/h4-5,9,12,14H,3,6-8,10-11H2,1-2H3. The van der Waals surface area contributed by atoms with Crippen LogP contribution in [-0.4, -0.2) is 39.5 Å². The van der Waals surface area contributed by atoms with E-state index in [0.29, 0.717) is 6.61 Å². The van der Waals surface area contributed by atoms with Gasteiger partial charge in [-0.25, -0.2) is 0 Å². The number of methoxy groups -OCH3 is 1. The summed E-state index contributed by atoms with van der Waals surface area (Å²) in [7, 11) is 1.72. The molecule has 17 heavy (non-hydrogen) atoms. The number of ether oxygens (including phenoxy) is 2. The second-order valence-corrected chi connectivity index (χ2v) is 5.01. The third kappa shape index (κ3) is 6.78. The number of nitrogens with one attached hydrogen (secondary N) is 1. The summed E-state index contributed by atoms with van der Waals surface area (Å²) >= 11 is 1.78. The van der Waals surface area contributed by atoms with Crippen LogP contribution in [0.1, 0.15) is 18.2 Å². The highest BCUT2D eigenvalue weighted by atomic mass is 32.1. The van der Waals surface area contributed by atoms with E-state index >= 15 is 0 Å². The van der Waals surface area contributed by atoms with Gasteiger partial charge in [0.2, 0.25) is 0 Å². The fraction of sp³-hybridized carbons (Fsp3) is 0.692. The van der Waals surface area contributed by atoms with Crippen LogP contribution in [0, 0.1) is 0 Å². The van der Waals surface area contributed by atoms with Gasteiger partial charge in [0.05, 0.1) is 19.3 Å². The lowest BCUT2D eigenvalue weighted by Gasteiger charge is -2.17. The molecule has 1 aromatic heterocycles. The van der Waals surface area contributed by atoms with Crippen LogP contribution in [0.2, 0.25) is 0 Å². The molecule has 0 bridgehead atoms. The van der Waals surface area contributed by atoms with E-state index in [9.17, 15) is 0 Å². The number of hydrogen-bond acceptors (Lipinski definition) is 4. The molecule has 0 radical (unpaired) electrons. The number of thiophene rings is 1. The third-order valence-corrected chi connectivity index (χ3v) is 3.37. The van der Waals surface area contributed by atoms with Crippen LogP contribution in [0.5, 0.6) is 0 Å². The highest BCUT2D eigenvalue weighted by Gasteiger charge is 2.08. The van der Waals surface area contributed by atoms with Crippen LogP contribution >= 0.6 is 11.3 Å². The minimum atomic E-state index is 0.159. The van der Waals surface area contributed by atoms with Crippen molar-refractivity contribution in [3.05, 3.63) is 22.4 Å².